The van der Waals surface area contributed by atoms with Gasteiger partial charge >= 0.3 is 5.97 Å². The number of rotatable bonds is 11. The van der Waals surface area contributed by atoms with E-state index in [9.17, 15) is 15.0 Å². The van der Waals surface area contributed by atoms with Gasteiger partial charge in [0.2, 0.25) is 0 Å². The Hall–Kier alpha value is -2.91. The molecule has 2 aromatic rings. The summed E-state index contributed by atoms with van der Waals surface area (Å²) in [6.07, 6.45) is 8.61. The predicted molar refractivity (Wildman–Crippen MR) is 134 cm³/mol. The Morgan fingerprint density at radius 2 is 1.74 bits per heavy atom. The van der Waals surface area contributed by atoms with Crippen LogP contribution in [0.4, 0.5) is 0 Å². The molecular weight excluding hydrogens is 426 g/mol. The fraction of sp³-hybridized carbons (Fsp3) is 0.414. The fourth-order valence-electron chi connectivity index (χ4n) is 4.33. The number of carbonyl (C=O) groups is 1. The van der Waals surface area contributed by atoms with Crippen molar-refractivity contribution in [2.75, 3.05) is 6.54 Å². The maximum Gasteiger partial charge on any atom is 0.303 e. The first-order valence-electron chi connectivity index (χ1n) is 12.2. The third kappa shape index (κ3) is 8.79. The Labute approximate surface area is 202 Å². The van der Waals surface area contributed by atoms with Crippen LogP contribution in [0.15, 0.2) is 66.7 Å². The van der Waals surface area contributed by atoms with E-state index in [2.05, 4.69) is 16.7 Å². The summed E-state index contributed by atoms with van der Waals surface area (Å²) in [6, 6.07) is 17.9. The number of likely N-dealkylation sites (tertiary alicyclic amines) is 1. The van der Waals surface area contributed by atoms with E-state index in [4.69, 9.17) is 5.11 Å². The maximum absolute atomic E-state index is 10.6. The number of aliphatic hydroxyl groups excluding tert-OH is 2. The molecule has 5 nitrogen and oxygen atoms in total. The predicted octanol–water partition coefficient (Wildman–Crippen LogP) is 4.36. The molecule has 3 N–H and O–H groups in total. The van der Waals surface area contributed by atoms with Crippen LogP contribution in [0.25, 0.3) is 0 Å². The number of aliphatic hydroxyl groups is 2. The van der Waals surface area contributed by atoms with Crippen LogP contribution < -0.4 is 0 Å². The average Bonchev–Trinajstić information content (AvgIpc) is 3.18. The van der Waals surface area contributed by atoms with E-state index in [1.165, 1.54) is 0 Å². The average molecular weight is 462 g/mol. The highest BCUT2D eigenvalue weighted by atomic mass is 16.4. The fourth-order valence-corrected chi connectivity index (χ4v) is 4.33. The van der Waals surface area contributed by atoms with Gasteiger partial charge in [0.05, 0.1) is 6.10 Å². The summed E-state index contributed by atoms with van der Waals surface area (Å²) in [7, 11) is 0. The standard InChI is InChI=1S/C29H35NO4/c31-27(22-25-12-8-11-24(21-25)15-14-23-9-4-3-5-10-23)18-16-26-17-19-28(32)30(26)20-7-2-1-6-13-29(33)34/h3-5,8-12,16,18,21,26-28,31-32H,1-2,6-7,13,17,19-20,22H2,(H,33,34)/b18-16+/t26-,27+,28?/m0/s1. The number of unbranched alkanes of at least 4 members (excludes halogenated alkanes) is 3. The zero-order valence-electron chi connectivity index (χ0n) is 19.6. The van der Waals surface area contributed by atoms with Crippen LogP contribution in [0, 0.1) is 11.8 Å². The number of carboxylic acid groups (broad SMARTS) is 1. The molecule has 0 radical (unpaired) electrons. The molecule has 1 aliphatic heterocycles. The first-order chi connectivity index (χ1) is 16.5. The van der Waals surface area contributed by atoms with Gasteiger partial charge in [-0.05, 0) is 55.5 Å². The van der Waals surface area contributed by atoms with Gasteiger partial charge < -0.3 is 15.3 Å². The molecule has 1 fully saturated rings. The Morgan fingerprint density at radius 3 is 2.53 bits per heavy atom. The maximum atomic E-state index is 10.6. The largest absolute Gasteiger partial charge is 0.481 e. The van der Waals surface area contributed by atoms with Gasteiger partial charge in [0, 0.05) is 36.6 Å². The quantitative estimate of drug-likeness (QED) is 0.263. The third-order valence-electron chi connectivity index (χ3n) is 6.14. The zero-order valence-corrected chi connectivity index (χ0v) is 19.6. The van der Waals surface area contributed by atoms with E-state index in [1.807, 2.05) is 66.7 Å². The topological polar surface area (TPSA) is 81.0 Å². The van der Waals surface area contributed by atoms with Crippen molar-refractivity contribution in [2.45, 2.75) is 69.7 Å². The van der Waals surface area contributed by atoms with Crippen LogP contribution in [0.2, 0.25) is 0 Å². The van der Waals surface area contributed by atoms with Gasteiger partial charge in [-0.15, -0.1) is 0 Å². The van der Waals surface area contributed by atoms with Gasteiger partial charge in [-0.25, -0.2) is 0 Å². The number of hydrogen-bond acceptors (Lipinski definition) is 4. The molecule has 0 aliphatic carbocycles. The molecule has 1 unspecified atom stereocenters. The zero-order chi connectivity index (χ0) is 24.2. The van der Waals surface area contributed by atoms with Crippen LogP contribution in [-0.4, -0.2) is 51.1 Å². The summed E-state index contributed by atoms with van der Waals surface area (Å²) in [5.74, 6) is 5.61. The van der Waals surface area contributed by atoms with Gasteiger partial charge in [0.25, 0.3) is 0 Å². The summed E-state index contributed by atoms with van der Waals surface area (Å²) in [6.45, 7) is 0.779. The lowest BCUT2D eigenvalue weighted by Gasteiger charge is -2.25. The van der Waals surface area contributed by atoms with Gasteiger partial charge in [-0.3, -0.25) is 9.69 Å². The lowest BCUT2D eigenvalue weighted by atomic mass is 10.0. The molecule has 0 amide bonds. The van der Waals surface area contributed by atoms with Crippen molar-refractivity contribution < 1.29 is 20.1 Å². The molecule has 5 heteroatoms. The van der Waals surface area contributed by atoms with Crippen molar-refractivity contribution in [1.29, 1.82) is 0 Å². The molecule has 1 saturated heterocycles. The van der Waals surface area contributed by atoms with Gasteiger partial charge in [-0.2, -0.15) is 0 Å². The highest BCUT2D eigenvalue weighted by molar-refractivity contribution is 5.66. The molecule has 180 valence electrons. The summed E-state index contributed by atoms with van der Waals surface area (Å²) in [5.41, 5.74) is 2.92. The Balaban J connectivity index is 1.48. The Kier molecular flexibility index (Phi) is 10.4. The third-order valence-corrected chi connectivity index (χ3v) is 6.14. The van der Waals surface area contributed by atoms with Crippen LogP contribution in [0.5, 0.6) is 0 Å². The first-order valence-corrected chi connectivity index (χ1v) is 12.2. The van der Waals surface area contributed by atoms with Crippen LogP contribution in [0.1, 0.15) is 61.6 Å². The second kappa shape index (κ2) is 13.7. The van der Waals surface area contributed by atoms with Crippen LogP contribution in [-0.2, 0) is 11.2 Å². The second-order valence-corrected chi connectivity index (χ2v) is 8.89. The monoisotopic (exact) mass is 461 g/mol. The van der Waals surface area contributed by atoms with Crippen LogP contribution >= 0.6 is 0 Å². The number of nitrogens with zero attached hydrogens (tertiary/aromatic N) is 1. The second-order valence-electron chi connectivity index (χ2n) is 8.89. The van der Waals surface area contributed by atoms with Crippen molar-refractivity contribution in [3.05, 3.63) is 83.4 Å². The molecule has 3 atom stereocenters. The molecule has 0 spiro atoms. The first kappa shape index (κ1) is 25.7. The number of carboxylic acids is 1. The van der Waals surface area contributed by atoms with E-state index < -0.39 is 18.3 Å². The van der Waals surface area contributed by atoms with Crippen molar-refractivity contribution in [3.63, 3.8) is 0 Å². The molecule has 0 bridgehead atoms. The minimum Gasteiger partial charge on any atom is -0.481 e. The van der Waals surface area contributed by atoms with Gasteiger partial charge in [-0.1, -0.05) is 67.2 Å². The summed E-state index contributed by atoms with van der Waals surface area (Å²) in [5, 5.41) is 29.6. The molecule has 34 heavy (non-hydrogen) atoms. The number of benzene rings is 2. The summed E-state index contributed by atoms with van der Waals surface area (Å²) >= 11 is 0. The Bertz CT molecular complexity index is 992. The smallest absolute Gasteiger partial charge is 0.303 e. The molecular formula is C29H35NO4. The lowest BCUT2D eigenvalue weighted by Crippen LogP contribution is -2.36. The van der Waals surface area contributed by atoms with E-state index in [0.717, 1.165) is 55.3 Å². The Morgan fingerprint density at radius 1 is 1.00 bits per heavy atom. The highest BCUT2D eigenvalue weighted by Crippen LogP contribution is 2.24. The van der Waals surface area contributed by atoms with Crippen LogP contribution in [0.3, 0.4) is 0 Å². The molecule has 1 heterocycles. The number of hydrogen-bond donors (Lipinski definition) is 3. The van der Waals surface area contributed by atoms with E-state index in [-0.39, 0.29) is 12.5 Å². The van der Waals surface area contributed by atoms with Crippen molar-refractivity contribution in [3.8, 4) is 11.8 Å². The van der Waals surface area contributed by atoms with Crippen molar-refractivity contribution in [1.82, 2.24) is 4.90 Å². The molecule has 2 aromatic carbocycles. The van der Waals surface area contributed by atoms with E-state index in [1.54, 1.807) is 0 Å². The highest BCUT2D eigenvalue weighted by Gasteiger charge is 2.29. The molecule has 1 aliphatic rings. The number of aliphatic carboxylic acids is 1. The normalized spacial score (nSPS) is 19.1. The molecule has 0 aromatic heterocycles. The molecule has 0 saturated carbocycles. The van der Waals surface area contributed by atoms with E-state index >= 15 is 0 Å². The molecule has 3 rings (SSSR count). The minimum absolute atomic E-state index is 0.117. The summed E-state index contributed by atoms with van der Waals surface area (Å²) in [4.78, 5) is 12.7. The minimum atomic E-state index is -0.745. The van der Waals surface area contributed by atoms with E-state index in [0.29, 0.717) is 12.8 Å². The SMILES string of the molecule is O=C(O)CCCCCCN1C(O)CC[C@@H]1/C=C/[C@@H](O)Cc1cccc(C#Cc2ccccc2)c1. The van der Waals surface area contributed by atoms with Gasteiger partial charge in [0.1, 0.15) is 6.23 Å². The summed E-state index contributed by atoms with van der Waals surface area (Å²) < 4.78 is 0. The lowest BCUT2D eigenvalue weighted by molar-refractivity contribution is -0.137. The van der Waals surface area contributed by atoms with Crippen molar-refractivity contribution in [2.24, 2.45) is 0 Å². The van der Waals surface area contributed by atoms with Gasteiger partial charge in [0.15, 0.2) is 0 Å². The van der Waals surface area contributed by atoms with Crippen molar-refractivity contribution >= 4 is 5.97 Å².